The first-order valence-corrected chi connectivity index (χ1v) is 7.83. The Labute approximate surface area is 133 Å². The molecule has 2 amide bonds. The molecule has 0 bridgehead atoms. The highest BCUT2D eigenvalue weighted by Crippen LogP contribution is 2.24. The number of rotatable bonds is 6. The van der Waals surface area contributed by atoms with Crippen molar-refractivity contribution in [3.8, 4) is 5.75 Å². The first kappa shape index (κ1) is 16.2. The van der Waals surface area contributed by atoms with Crippen LogP contribution in [-0.2, 0) is 9.53 Å². The van der Waals surface area contributed by atoms with E-state index in [1.54, 1.807) is 14.0 Å². The van der Waals surface area contributed by atoms with Crippen molar-refractivity contribution in [1.29, 1.82) is 0 Å². The number of urea groups is 1. The molecule has 0 aromatic heterocycles. The molecule has 0 saturated heterocycles. The standard InChI is InChI=1S/C15H18N2O4S/c1-3-21-14(18)12-8-16-15(19)17-13(12)9-22-11-6-4-10(20-2)5-7-11/h4-7H,3,8-9H2,1-2H3,(H2,16,17,19). The van der Waals surface area contributed by atoms with Crippen LogP contribution in [0.1, 0.15) is 6.92 Å². The first-order chi connectivity index (χ1) is 10.6. The van der Waals surface area contributed by atoms with Gasteiger partial charge in [-0.3, -0.25) is 0 Å². The van der Waals surface area contributed by atoms with E-state index in [1.165, 1.54) is 11.8 Å². The van der Waals surface area contributed by atoms with E-state index in [2.05, 4.69) is 10.6 Å². The van der Waals surface area contributed by atoms with Gasteiger partial charge in [0.15, 0.2) is 0 Å². The van der Waals surface area contributed by atoms with E-state index < -0.39 is 5.97 Å². The number of methoxy groups -OCH3 is 1. The van der Waals surface area contributed by atoms with Crippen molar-refractivity contribution in [2.24, 2.45) is 0 Å². The summed E-state index contributed by atoms with van der Waals surface area (Å²) in [7, 11) is 1.61. The van der Waals surface area contributed by atoms with Crippen LogP contribution in [0.2, 0.25) is 0 Å². The minimum absolute atomic E-state index is 0.184. The number of hydrogen-bond acceptors (Lipinski definition) is 5. The summed E-state index contributed by atoms with van der Waals surface area (Å²) in [6, 6.07) is 7.28. The maximum Gasteiger partial charge on any atom is 0.337 e. The van der Waals surface area contributed by atoms with Crippen LogP contribution < -0.4 is 15.4 Å². The third kappa shape index (κ3) is 4.17. The molecule has 0 atom stereocenters. The summed E-state index contributed by atoms with van der Waals surface area (Å²) in [4.78, 5) is 24.4. The van der Waals surface area contributed by atoms with Gasteiger partial charge >= 0.3 is 12.0 Å². The highest BCUT2D eigenvalue weighted by atomic mass is 32.2. The molecule has 2 rings (SSSR count). The Morgan fingerprint density at radius 3 is 2.68 bits per heavy atom. The number of benzene rings is 1. The van der Waals surface area contributed by atoms with E-state index in [4.69, 9.17) is 9.47 Å². The van der Waals surface area contributed by atoms with Crippen LogP contribution in [0.4, 0.5) is 4.79 Å². The van der Waals surface area contributed by atoms with Crippen LogP contribution in [0.3, 0.4) is 0 Å². The number of ether oxygens (including phenoxy) is 2. The van der Waals surface area contributed by atoms with E-state index in [9.17, 15) is 9.59 Å². The van der Waals surface area contributed by atoms with Gasteiger partial charge in [0.05, 0.1) is 25.8 Å². The van der Waals surface area contributed by atoms with Crippen molar-refractivity contribution in [3.63, 3.8) is 0 Å². The second-order valence-corrected chi connectivity index (χ2v) is 5.50. The van der Waals surface area contributed by atoms with Gasteiger partial charge in [-0.25, -0.2) is 9.59 Å². The summed E-state index contributed by atoms with van der Waals surface area (Å²) in [5, 5.41) is 5.26. The molecule has 0 spiro atoms. The van der Waals surface area contributed by atoms with Gasteiger partial charge in [0.25, 0.3) is 0 Å². The Balaban J connectivity index is 2.08. The van der Waals surface area contributed by atoms with Crippen LogP contribution in [-0.4, -0.2) is 38.0 Å². The fourth-order valence-corrected chi connectivity index (χ4v) is 2.78. The van der Waals surface area contributed by atoms with Gasteiger partial charge in [-0.15, -0.1) is 11.8 Å². The molecule has 6 nitrogen and oxygen atoms in total. The molecule has 1 heterocycles. The molecule has 118 valence electrons. The predicted molar refractivity (Wildman–Crippen MR) is 83.9 cm³/mol. The third-order valence-electron chi connectivity index (χ3n) is 3.02. The number of carbonyl (C=O) groups excluding carboxylic acids is 2. The predicted octanol–water partition coefficient (Wildman–Crippen LogP) is 1.92. The summed E-state index contributed by atoms with van der Waals surface area (Å²) in [6.07, 6.45) is 0. The van der Waals surface area contributed by atoms with Gasteiger partial charge < -0.3 is 20.1 Å². The van der Waals surface area contributed by atoms with Crippen LogP contribution in [0, 0.1) is 0 Å². The minimum atomic E-state index is -0.402. The molecular weight excluding hydrogens is 304 g/mol. The van der Waals surface area contributed by atoms with Gasteiger partial charge in [0.2, 0.25) is 0 Å². The highest BCUT2D eigenvalue weighted by Gasteiger charge is 2.23. The lowest BCUT2D eigenvalue weighted by atomic mass is 10.2. The smallest absolute Gasteiger partial charge is 0.337 e. The second kappa shape index (κ2) is 7.74. The van der Waals surface area contributed by atoms with Crippen LogP contribution in [0.5, 0.6) is 5.75 Å². The van der Waals surface area contributed by atoms with Gasteiger partial charge in [-0.05, 0) is 31.2 Å². The second-order valence-electron chi connectivity index (χ2n) is 4.45. The van der Waals surface area contributed by atoms with E-state index in [0.29, 0.717) is 23.6 Å². The summed E-state index contributed by atoms with van der Waals surface area (Å²) in [6.45, 7) is 2.23. The van der Waals surface area contributed by atoms with Crippen LogP contribution in [0.15, 0.2) is 40.4 Å². The largest absolute Gasteiger partial charge is 0.497 e. The summed E-state index contributed by atoms with van der Waals surface area (Å²) < 4.78 is 10.1. The van der Waals surface area contributed by atoms with E-state index in [-0.39, 0.29) is 12.6 Å². The minimum Gasteiger partial charge on any atom is -0.497 e. The SMILES string of the molecule is CCOC(=O)C1=C(CSc2ccc(OC)cc2)NC(=O)NC1. The van der Waals surface area contributed by atoms with Crippen molar-refractivity contribution in [2.45, 2.75) is 11.8 Å². The molecule has 0 aliphatic carbocycles. The average molecular weight is 322 g/mol. The van der Waals surface area contributed by atoms with Crippen molar-refractivity contribution < 1.29 is 19.1 Å². The molecule has 1 aliphatic heterocycles. The van der Waals surface area contributed by atoms with E-state index >= 15 is 0 Å². The van der Waals surface area contributed by atoms with Gasteiger partial charge in [-0.1, -0.05) is 0 Å². The van der Waals surface area contributed by atoms with Gasteiger partial charge in [0.1, 0.15) is 5.75 Å². The lowest BCUT2D eigenvalue weighted by Gasteiger charge is -2.21. The zero-order valence-electron chi connectivity index (χ0n) is 12.5. The van der Waals surface area contributed by atoms with E-state index in [1.807, 2.05) is 24.3 Å². The molecule has 0 radical (unpaired) electrons. The lowest BCUT2D eigenvalue weighted by molar-refractivity contribution is -0.138. The fourth-order valence-electron chi connectivity index (χ4n) is 1.90. The van der Waals surface area contributed by atoms with Crippen molar-refractivity contribution in [2.75, 3.05) is 26.0 Å². The Bertz CT molecular complexity index is 584. The quantitative estimate of drug-likeness (QED) is 0.618. The number of nitrogens with one attached hydrogen (secondary N) is 2. The Kier molecular flexibility index (Phi) is 5.71. The zero-order chi connectivity index (χ0) is 15.9. The number of amides is 2. The van der Waals surface area contributed by atoms with Gasteiger partial charge in [0, 0.05) is 16.3 Å². The monoisotopic (exact) mass is 322 g/mol. The first-order valence-electron chi connectivity index (χ1n) is 6.85. The van der Waals surface area contributed by atoms with E-state index in [0.717, 1.165) is 10.6 Å². The Morgan fingerprint density at radius 1 is 1.32 bits per heavy atom. The molecule has 7 heteroatoms. The number of carbonyl (C=O) groups is 2. The lowest BCUT2D eigenvalue weighted by Crippen LogP contribution is -2.44. The number of thioether (sulfide) groups is 1. The average Bonchev–Trinajstić information content (AvgIpc) is 2.53. The topological polar surface area (TPSA) is 76.7 Å². The molecule has 0 saturated carbocycles. The maximum atomic E-state index is 11.9. The summed E-state index contributed by atoms with van der Waals surface area (Å²) in [5.74, 6) is 0.861. The van der Waals surface area contributed by atoms with Crippen molar-refractivity contribution in [1.82, 2.24) is 10.6 Å². The molecule has 1 aromatic carbocycles. The molecule has 22 heavy (non-hydrogen) atoms. The summed E-state index contributed by atoms with van der Waals surface area (Å²) in [5.41, 5.74) is 1.05. The molecular formula is C15H18N2O4S. The highest BCUT2D eigenvalue weighted by molar-refractivity contribution is 7.99. The van der Waals surface area contributed by atoms with Crippen LogP contribution >= 0.6 is 11.8 Å². The normalized spacial score (nSPS) is 14.2. The molecule has 1 aliphatic rings. The van der Waals surface area contributed by atoms with Crippen molar-refractivity contribution >= 4 is 23.8 Å². The molecule has 2 N–H and O–H groups in total. The molecule has 0 fully saturated rings. The van der Waals surface area contributed by atoms with Gasteiger partial charge in [-0.2, -0.15) is 0 Å². The maximum absolute atomic E-state index is 11.9. The molecule has 1 aromatic rings. The zero-order valence-corrected chi connectivity index (χ0v) is 13.3. The Hall–Kier alpha value is -2.15. The number of esters is 1. The van der Waals surface area contributed by atoms with Crippen molar-refractivity contribution in [3.05, 3.63) is 35.5 Å². The summed E-state index contributed by atoms with van der Waals surface area (Å²) >= 11 is 1.52. The van der Waals surface area contributed by atoms with Crippen LogP contribution in [0.25, 0.3) is 0 Å². The number of hydrogen-bond donors (Lipinski definition) is 2. The Morgan fingerprint density at radius 2 is 2.05 bits per heavy atom. The molecule has 0 unspecified atom stereocenters. The fraction of sp³-hybridized carbons (Fsp3) is 0.333. The third-order valence-corrected chi connectivity index (χ3v) is 4.06.